The molecule has 0 saturated heterocycles. The average Bonchev–Trinajstić information content (AvgIpc) is 2.62. The van der Waals surface area contributed by atoms with E-state index in [1.165, 1.54) is 12.7 Å². The van der Waals surface area contributed by atoms with E-state index >= 15 is 0 Å². The number of carbonyl (C=O) groups excluding carboxylic acids is 1. The van der Waals surface area contributed by atoms with Crippen molar-refractivity contribution in [1.29, 1.82) is 0 Å². The third-order valence-electron chi connectivity index (χ3n) is 4.70. The molecule has 134 valence electrons. The number of esters is 1. The molecule has 3 nitrogen and oxygen atoms in total. The van der Waals surface area contributed by atoms with Crippen molar-refractivity contribution >= 4 is 41.6 Å². The van der Waals surface area contributed by atoms with Crippen molar-refractivity contribution in [1.82, 2.24) is 5.32 Å². The Morgan fingerprint density at radius 1 is 1.08 bits per heavy atom. The van der Waals surface area contributed by atoms with E-state index in [4.69, 9.17) is 27.9 Å². The second-order valence-corrected chi connectivity index (χ2v) is 6.79. The minimum absolute atomic E-state index is 0. The number of rotatable bonds is 3. The SMILES string of the molecule is CN[C@H]1CC[C@@H](c2ccc(Cl)c(Cl)c2)c2cc(C(=O)OC)ccc21.Cl. The summed E-state index contributed by atoms with van der Waals surface area (Å²) in [7, 11) is 3.36. The van der Waals surface area contributed by atoms with E-state index in [9.17, 15) is 4.79 Å². The fourth-order valence-electron chi connectivity index (χ4n) is 3.46. The number of hydrogen-bond acceptors (Lipinski definition) is 3. The zero-order chi connectivity index (χ0) is 17.3. The Bertz CT molecular complexity index is 779. The van der Waals surface area contributed by atoms with Gasteiger partial charge in [0.2, 0.25) is 0 Å². The molecule has 0 radical (unpaired) electrons. The molecule has 0 saturated carbocycles. The summed E-state index contributed by atoms with van der Waals surface area (Å²) in [6.45, 7) is 0. The Morgan fingerprint density at radius 3 is 2.48 bits per heavy atom. The highest BCUT2D eigenvalue weighted by Gasteiger charge is 2.28. The predicted molar refractivity (Wildman–Crippen MR) is 104 cm³/mol. The van der Waals surface area contributed by atoms with Crippen LogP contribution in [0, 0.1) is 0 Å². The van der Waals surface area contributed by atoms with Gasteiger partial charge in [0, 0.05) is 12.0 Å². The van der Waals surface area contributed by atoms with Crippen LogP contribution in [0.15, 0.2) is 36.4 Å². The summed E-state index contributed by atoms with van der Waals surface area (Å²) >= 11 is 12.2. The molecule has 0 unspecified atom stereocenters. The number of hydrogen-bond donors (Lipinski definition) is 1. The minimum Gasteiger partial charge on any atom is -0.465 e. The average molecular weight is 401 g/mol. The van der Waals surface area contributed by atoms with Gasteiger partial charge in [0.25, 0.3) is 0 Å². The van der Waals surface area contributed by atoms with Gasteiger partial charge < -0.3 is 10.1 Å². The van der Waals surface area contributed by atoms with Crippen LogP contribution in [-0.2, 0) is 4.74 Å². The predicted octanol–water partition coefficient (Wildman–Crippen LogP) is 5.39. The summed E-state index contributed by atoms with van der Waals surface area (Å²) in [6, 6.07) is 11.8. The number of benzene rings is 2. The fraction of sp³-hybridized carbons (Fsp3) is 0.316. The van der Waals surface area contributed by atoms with E-state index in [0.29, 0.717) is 15.6 Å². The van der Waals surface area contributed by atoms with Crippen LogP contribution < -0.4 is 5.32 Å². The highest BCUT2D eigenvalue weighted by atomic mass is 35.5. The molecule has 25 heavy (non-hydrogen) atoms. The molecule has 6 heteroatoms. The lowest BCUT2D eigenvalue weighted by atomic mass is 9.76. The lowest BCUT2D eigenvalue weighted by Crippen LogP contribution is -2.24. The fourth-order valence-corrected chi connectivity index (χ4v) is 3.76. The molecule has 0 aliphatic heterocycles. The van der Waals surface area contributed by atoms with E-state index < -0.39 is 0 Å². The van der Waals surface area contributed by atoms with Gasteiger partial charge in [-0.05, 0) is 60.8 Å². The quantitative estimate of drug-likeness (QED) is 0.702. The maximum atomic E-state index is 11.9. The van der Waals surface area contributed by atoms with Crippen molar-refractivity contribution in [3.8, 4) is 0 Å². The van der Waals surface area contributed by atoms with Crippen LogP contribution in [0.25, 0.3) is 0 Å². The van der Waals surface area contributed by atoms with Gasteiger partial charge >= 0.3 is 5.97 Å². The molecule has 0 aromatic heterocycles. The van der Waals surface area contributed by atoms with Crippen LogP contribution in [0.1, 0.15) is 51.8 Å². The normalized spacial score (nSPS) is 18.9. The van der Waals surface area contributed by atoms with Gasteiger partial charge in [0.15, 0.2) is 0 Å². The van der Waals surface area contributed by atoms with E-state index in [1.54, 1.807) is 0 Å². The first-order valence-electron chi connectivity index (χ1n) is 7.89. The molecule has 2 aromatic carbocycles. The minimum atomic E-state index is -0.322. The van der Waals surface area contributed by atoms with Gasteiger partial charge in [0.05, 0.1) is 22.7 Å². The maximum Gasteiger partial charge on any atom is 0.337 e. The van der Waals surface area contributed by atoms with Crippen LogP contribution >= 0.6 is 35.6 Å². The third-order valence-corrected chi connectivity index (χ3v) is 5.44. The molecular formula is C19H20Cl3NO2. The first-order chi connectivity index (χ1) is 11.5. The Kier molecular flexibility index (Phi) is 6.75. The van der Waals surface area contributed by atoms with Crippen molar-refractivity contribution in [3.63, 3.8) is 0 Å². The third kappa shape index (κ3) is 3.95. The van der Waals surface area contributed by atoms with Gasteiger partial charge in [-0.15, -0.1) is 12.4 Å². The Morgan fingerprint density at radius 2 is 1.84 bits per heavy atom. The molecule has 0 heterocycles. The number of fused-ring (bicyclic) bond motifs is 1. The van der Waals surface area contributed by atoms with Gasteiger partial charge in [-0.25, -0.2) is 4.79 Å². The van der Waals surface area contributed by atoms with Crippen LogP contribution in [-0.4, -0.2) is 20.1 Å². The van der Waals surface area contributed by atoms with Crippen LogP contribution in [0.3, 0.4) is 0 Å². The highest BCUT2D eigenvalue weighted by Crippen LogP contribution is 2.42. The molecular weight excluding hydrogens is 381 g/mol. The second-order valence-electron chi connectivity index (χ2n) is 5.98. The molecule has 2 aromatic rings. The zero-order valence-electron chi connectivity index (χ0n) is 14.0. The number of methoxy groups -OCH3 is 1. The number of ether oxygens (including phenoxy) is 1. The van der Waals surface area contributed by atoms with Crippen LogP contribution in [0.2, 0.25) is 10.0 Å². The molecule has 0 spiro atoms. The van der Waals surface area contributed by atoms with E-state index in [2.05, 4.69) is 5.32 Å². The molecule has 1 N–H and O–H groups in total. The van der Waals surface area contributed by atoms with Crippen LogP contribution in [0.5, 0.6) is 0 Å². The Balaban J connectivity index is 0.00000225. The summed E-state index contributed by atoms with van der Waals surface area (Å²) in [5.41, 5.74) is 4.04. The van der Waals surface area contributed by atoms with E-state index in [0.717, 1.165) is 24.0 Å². The molecule has 3 rings (SSSR count). The number of halogens is 3. The molecule has 0 bridgehead atoms. The highest BCUT2D eigenvalue weighted by molar-refractivity contribution is 6.42. The summed E-state index contributed by atoms with van der Waals surface area (Å²) in [5, 5.41) is 4.45. The standard InChI is InChI=1S/C19H19Cl2NO2.ClH/c1-22-18-8-6-13(11-4-7-16(20)17(21)10-11)15-9-12(19(23)24-2)3-5-14(15)18;/h3-5,7,9-10,13,18,22H,6,8H2,1-2H3;1H/t13-,18-;/m0./s1. The maximum absolute atomic E-state index is 11.9. The van der Waals surface area contributed by atoms with Gasteiger partial charge in [-0.3, -0.25) is 0 Å². The Hall–Kier alpha value is -1.26. The van der Waals surface area contributed by atoms with Gasteiger partial charge in [-0.1, -0.05) is 35.3 Å². The summed E-state index contributed by atoms with van der Waals surface area (Å²) in [4.78, 5) is 11.9. The largest absolute Gasteiger partial charge is 0.465 e. The first-order valence-corrected chi connectivity index (χ1v) is 8.65. The van der Waals surface area contributed by atoms with Crippen molar-refractivity contribution in [2.24, 2.45) is 0 Å². The lowest BCUT2D eigenvalue weighted by Gasteiger charge is -2.32. The Labute approximate surface area is 164 Å². The number of carbonyl (C=O) groups is 1. The van der Waals surface area contributed by atoms with Crippen molar-refractivity contribution in [2.75, 3.05) is 14.2 Å². The molecule has 2 atom stereocenters. The first kappa shape index (κ1) is 20.1. The smallest absolute Gasteiger partial charge is 0.337 e. The zero-order valence-corrected chi connectivity index (χ0v) is 16.3. The topological polar surface area (TPSA) is 38.3 Å². The lowest BCUT2D eigenvalue weighted by molar-refractivity contribution is 0.0600. The molecule has 1 aliphatic carbocycles. The number of nitrogens with one attached hydrogen (secondary N) is 1. The molecule has 1 aliphatic rings. The summed E-state index contributed by atoms with van der Waals surface area (Å²) in [6.07, 6.45) is 1.99. The second kappa shape index (κ2) is 8.41. The van der Waals surface area contributed by atoms with Crippen molar-refractivity contribution in [2.45, 2.75) is 24.8 Å². The van der Waals surface area contributed by atoms with Gasteiger partial charge in [0.1, 0.15) is 0 Å². The van der Waals surface area contributed by atoms with E-state index in [1.807, 2.05) is 43.4 Å². The van der Waals surface area contributed by atoms with E-state index in [-0.39, 0.29) is 30.3 Å². The van der Waals surface area contributed by atoms with Crippen LogP contribution in [0.4, 0.5) is 0 Å². The molecule has 0 fully saturated rings. The summed E-state index contributed by atoms with van der Waals surface area (Å²) in [5.74, 6) is -0.138. The van der Waals surface area contributed by atoms with Gasteiger partial charge in [-0.2, -0.15) is 0 Å². The van der Waals surface area contributed by atoms with Crippen molar-refractivity contribution in [3.05, 3.63) is 68.7 Å². The summed E-state index contributed by atoms with van der Waals surface area (Å²) < 4.78 is 4.86. The van der Waals surface area contributed by atoms with Crippen molar-refractivity contribution < 1.29 is 9.53 Å². The monoisotopic (exact) mass is 399 g/mol. The molecule has 0 amide bonds.